The third-order valence-corrected chi connectivity index (χ3v) is 6.79. The number of aryl methyl sites for hydroxylation is 1. The van der Waals surface area contributed by atoms with Crippen LogP contribution < -0.4 is 9.47 Å². The molecule has 0 saturated carbocycles. The number of likely N-dealkylation sites (N-methyl/N-ethyl adjacent to an activating group) is 1. The molecule has 1 atom stereocenters. The van der Waals surface area contributed by atoms with Gasteiger partial charge in [0.05, 0.1) is 18.2 Å². The molecule has 0 radical (unpaired) electrons. The summed E-state index contributed by atoms with van der Waals surface area (Å²) >= 11 is 0. The molecule has 1 aliphatic rings. The summed E-state index contributed by atoms with van der Waals surface area (Å²) in [5, 5.41) is 11.4. The molecule has 0 aromatic heterocycles. The average Bonchev–Trinajstić information content (AvgIpc) is 3.19. The van der Waals surface area contributed by atoms with Crippen molar-refractivity contribution in [1.82, 2.24) is 9.80 Å². The minimum Gasteiger partial charge on any atom is -0.507 e. The van der Waals surface area contributed by atoms with Gasteiger partial charge < -0.3 is 24.4 Å². The van der Waals surface area contributed by atoms with Crippen LogP contribution in [-0.2, 0) is 16.2 Å². The monoisotopic (exact) mass is 542 g/mol. The Balaban J connectivity index is 1.67. The van der Waals surface area contributed by atoms with Gasteiger partial charge in [-0.15, -0.1) is 0 Å². The van der Waals surface area contributed by atoms with Gasteiger partial charge in [-0.1, -0.05) is 56.3 Å². The van der Waals surface area contributed by atoms with Crippen LogP contribution in [0.2, 0.25) is 0 Å². The Morgan fingerprint density at radius 3 is 2.30 bits per heavy atom. The van der Waals surface area contributed by atoms with Crippen LogP contribution >= 0.6 is 0 Å². The fraction of sp³-hybridized carbons (Fsp3) is 0.333. The van der Waals surface area contributed by atoms with Gasteiger partial charge >= 0.3 is 0 Å². The first-order chi connectivity index (χ1) is 19.2. The number of benzene rings is 3. The molecule has 0 bridgehead atoms. The van der Waals surface area contributed by atoms with Crippen LogP contribution in [0.25, 0.3) is 5.76 Å². The highest BCUT2D eigenvalue weighted by Crippen LogP contribution is 2.40. The summed E-state index contributed by atoms with van der Waals surface area (Å²) in [6.07, 6.45) is 0. The maximum absolute atomic E-state index is 13.3. The number of carbonyl (C=O) groups is 2. The summed E-state index contributed by atoms with van der Waals surface area (Å²) in [6, 6.07) is 21.8. The molecule has 40 heavy (non-hydrogen) atoms. The Bertz CT molecular complexity index is 1360. The van der Waals surface area contributed by atoms with Crippen LogP contribution in [0.3, 0.4) is 0 Å². The molecule has 1 fully saturated rings. The Morgan fingerprint density at radius 2 is 1.68 bits per heavy atom. The lowest BCUT2D eigenvalue weighted by Crippen LogP contribution is -2.35. The molecule has 0 spiro atoms. The van der Waals surface area contributed by atoms with E-state index in [1.807, 2.05) is 80.5 Å². The van der Waals surface area contributed by atoms with E-state index in [4.69, 9.17) is 9.47 Å². The van der Waals surface area contributed by atoms with E-state index >= 15 is 0 Å². The summed E-state index contributed by atoms with van der Waals surface area (Å²) in [6.45, 7) is 7.97. The van der Waals surface area contributed by atoms with Crippen LogP contribution in [-0.4, -0.2) is 60.4 Å². The Kier molecular flexibility index (Phi) is 9.27. The van der Waals surface area contributed by atoms with E-state index in [-0.39, 0.29) is 11.3 Å². The molecule has 1 amide bonds. The van der Waals surface area contributed by atoms with Gasteiger partial charge in [0.1, 0.15) is 23.9 Å². The lowest BCUT2D eigenvalue weighted by atomic mass is 9.94. The van der Waals surface area contributed by atoms with Crippen molar-refractivity contribution in [2.75, 3.05) is 33.8 Å². The quantitative estimate of drug-likeness (QED) is 0.193. The maximum atomic E-state index is 13.3. The number of rotatable bonds is 11. The van der Waals surface area contributed by atoms with Crippen LogP contribution in [0, 0.1) is 12.8 Å². The fourth-order valence-electron chi connectivity index (χ4n) is 4.62. The molecule has 1 heterocycles. The zero-order valence-electron chi connectivity index (χ0n) is 23.9. The number of likely N-dealkylation sites (tertiary alicyclic amines) is 1. The van der Waals surface area contributed by atoms with Crippen molar-refractivity contribution >= 4 is 17.4 Å². The molecular weight excluding hydrogens is 504 g/mol. The van der Waals surface area contributed by atoms with Gasteiger partial charge in [-0.05, 0) is 74.0 Å². The van der Waals surface area contributed by atoms with E-state index in [9.17, 15) is 14.7 Å². The van der Waals surface area contributed by atoms with Gasteiger partial charge in [0, 0.05) is 18.7 Å². The predicted molar refractivity (Wildman–Crippen MR) is 156 cm³/mol. The Morgan fingerprint density at radius 1 is 0.975 bits per heavy atom. The first-order valence-electron chi connectivity index (χ1n) is 13.6. The molecule has 3 aromatic carbocycles. The molecule has 7 nitrogen and oxygen atoms in total. The summed E-state index contributed by atoms with van der Waals surface area (Å²) in [5.74, 6) is 0.263. The Hall–Kier alpha value is -4.10. The van der Waals surface area contributed by atoms with Gasteiger partial charge in [-0.2, -0.15) is 0 Å². The SMILES string of the molecule is Cc1cc(C(O)=C2C(=O)C(=O)N(CCN(C)C)C2c2ccc(OCc3ccccc3)cc2)ccc1OCC(C)C. The van der Waals surface area contributed by atoms with Crippen LogP contribution in [0.15, 0.2) is 78.4 Å². The zero-order valence-corrected chi connectivity index (χ0v) is 23.9. The number of aliphatic hydroxyl groups is 1. The number of hydrogen-bond acceptors (Lipinski definition) is 6. The molecule has 1 aliphatic heterocycles. The number of amides is 1. The van der Waals surface area contributed by atoms with Crippen LogP contribution in [0.5, 0.6) is 11.5 Å². The van der Waals surface area contributed by atoms with Crippen molar-refractivity contribution in [3.63, 3.8) is 0 Å². The highest BCUT2D eigenvalue weighted by Gasteiger charge is 2.45. The largest absolute Gasteiger partial charge is 0.507 e. The highest BCUT2D eigenvalue weighted by molar-refractivity contribution is 6.46. The lowest BCUT2D eigenvalue weighted by molar-refractivity contribution is -0.140. The number of hydrogen-bond donors (Lipinski definition) is 1. The van der Waals surface area contributed by atoms with E-state index in [1.54, 1.807) is 23.1 Å². The van der Waals surface area contributed by atoms with Gasteiger partial charge in [0.25, 0.3) is 11.7 Å². The molecule has 7 heteroatoms. The molecule has 0 aliphatic carbocycles. The third-order valence-electron chi connectivity index (χ3n) is 6.79. The molecule has 1 unspecified atom stereocenters. The van der Waals surface area contributed by atoms with Crippen molar-refractivity contribution in [3.8, 4) is 11.5 Å². The third kappa shape index (κ3) is 6.72. The van der Waals surface area contributed by atoms with Gasteiger partial charge in [-0.3, -0.25) is 9.59 Å². The smallest absolute Gasteiger partial charge is 0.295 e. The predicted octanol–water partition coefficient (Wildman–Crippen LogP) is 5.59. The van der Waals surface area contributed by atoms with Crippen molar-refractivity contribution in [3.05, 3.63) is 101 Å². The lowest BCUT2D eigenvalue weighted by Gasteiger charge is -2.26. The summed E-state index contributed by atoms with van der Waals surface area (Å²) in [7, 11) is 3.83. The number of Topliss-reactive ketones (excluding diaryl/α,β-unsaturated/α-hetero) is 1. The van der Waals surface area contributed by atoms with Crippen molar-refractivity contribution in [1.29, 1.82) is 0 Å². The number of nitrogens with zero attached hydrogens (tertiary/aromatic N) is 2. The summed E-state index contributed by atoms with van der Waals surface area (Å²) < 4.78 is 11.8. The molecule has 1 N–H and O–H groups in total. The van der Waals surface area contributed by atoms with Crippen LogP contribution in [0.4, 0.5) is 0 Å². The Labute approximate surface area is 236 Å². The summed E-state index contributed by atoms with van der Waals surface area (Å²) in [4.78, 5) is 30.1. The van der Waals surface area contributed by atoms with Gasteiger partial charge in [0.2, 0.25) is 0 Å². The average molecular weight is 543 g/mol. The minimum atomic E-state index is -0.722. The van der Waals surface area contributed by atoms with E-state index in [0.29, 0.717) is 43.5 Å². The van der Waals surface area contributed by atoms with Gasteiger partial charge in [-0.25, -0.2) is 0 Å². The van der Waals surface area contributed by atoms with Crippen molar-refractivity contribution < 1.29 is 24.2 Å². The highest BCUT2D eigenvalue weighted by atomic mass is 16.5. The molecule has 4 rings (SSSR count). The number of ketones is 1. The second kappa shape index (κ2) is 12.8. The second-order valence-electron chi connectivity index (χ2n) is 10.8. The molecule has 1 saturated heterocycles. The maximum Gasteiger partial charge on any atom is 0.295 e. The number of aliphatic hydroxyl groups excluding tert-OH is 1. The first-order valence-corrected chi connectivity index (χ1v) is 13.6. The topological polar surface area (TPSA) is 79.3 Å². The standard InChI is InChI=1S/C33H38N2O5/c1-22(2)20-40-28-16-13-26(19-23(28)3)31(36)29-30(35(18-17-34(4)5)33(38)32(29)37)25-11-14-27(15-12-25)39-21-24-9-7-6-8-10-24/h6-16,19,22,30,36H,17-18,20-21H2,1-5H3. The summed E-state index contributed by atoms with van der Waals surface area (Å²) in [5.41, 5.74) is 3.16. The minimum absolute atomic E-state index is 0.0805. The molecule has 3 aromatic rings. The van der Waals surface area contributed by atoms with Crippen molar-refractivity contribution in [2.45, 2.75) is 33.4 Å². The normalized spacial score (nSPS) is 16.7. The number of ether oxygens (including phenoxy) is 2. The van der Waals surface area contributed by atoms with Crippen molar-refractivity contribution in [2.24, 2.45) is 5.92 Å². The van der Waals surface area contributed by atoms with Crippen LogP contribution in [0.1, 0.15) is 42.1 Å². The molecule has 210 valence electrons. The van der Waals surface area contributed by atoms with Gasteiger partial charge in [0.15, 0.2) is 0 Å². The van der Waals surface area contributed by atoms with E-state index in [0.717, 1.165) is 22.4 Å². The fourth-order valence-corrected chi connectivity index (χ4v) is 4.62. The first kappa shape index (κ1) is 28.9. The van der Waals surface area contributed by atoms with E-state index in [1.165, 1.54) is 0 Å². The zero-order chi connectivity index (χ0) is 28.8. The van der Waals surface area contributed by atoms with E-state index in [2.05, 4.69) is 13.8 Å². The molecular formula is C33H38N2O5. The second-order valence-corrected chi connectivity index (χ2v) is 10.8. The van der Waals surface area contributed by atoms with E-state index < -0.39 is 17.7 Å². The number of carbonyl (C=O) groups excluding carboxylic acids is 2.